The van der Waals surface area contributed by atoms with Crippen LogP contribution >= 0.6 is 0 Å². The van der Waals surface area contributed by atoms with Crippen molar-refractivity contribution >= 4 is 23.4 Å². The molecule has 9 heteroatoms. The van der Waals surface area contributed by atoms with Gasteiger partial charge in [-0.15, -0.1) is 0 Å². The highest BCUT2D eigenvalue weighted by Crippen LogP contribution is 2.16. The van der Waals surface area contributed by atoms with Crippen molar-refractivity contribution in [2.24, 2.45) is 0 Å². The van der Waals surface area contributed by atoms with E-state index in [-0.39, 0.29) is 5.91 Å². The largest absolute Gasteiger partial charge is 0.478 e. The molecular formula is C21H25N7O2. The Balaban J connectivity index is 1.50. The van der Waals surface area contributed by atoms with E-state index in [2.05, 4.69) is 35.9 Å². The van der Waals surface area contributed by atoms with Crippen LogP contribution in [-0.2, 0) is 0 Å². The number of carbonyl (C=O) groups excluding carboxylic acids is 1. The minimum absolute atomic E-state index is 0.195. The lowest BCUT2D eigenvalue weighted by Gasteiger charge is -2.11. The van der Waals surface area contributed by atoms with E-state index in [1.54, 1.807) is 24.4 Å². The number of nitrogens with one attached hydrogen (secondary N) is 3. The van der Waals surface area contributed by atoms with Crippen LogP contribution in [0.4, 0.5) is 17.5 Å². The molecule has 0 fully saturated rings. The lowest BCUT2D eigenvalue weighted by atomic mass is 10.2. The maximum atomic E-state index is 12.2. The van der Waals surface area contributed by atoms with Gasteiger partial charge in [-0.1, -0.05) is 0 Å². The fraction of sp³-hybridized carbons (Fsp3) is 0.286. The van der Waals surface area contributed by atoms with Gasteiger partial charge in [0.05, 0.1) is 12.2 Å². The van der Waals surface area contributed by atoms with Gasteiger partial charge in [0.2, 0.25) is 5.88 Å². The van der Waals surface area contributed by atoms with Gasteiger partial charge in [-0.25, -0.2) is 19.9 Å². The van der Waals surface area contributed by atoms with Gasteiger partial charge >= 0.3 is 0 Å². The zero-order valence-corrected chi connectivity index (χ0v) is 17.3. The second kappa shape index (κ2) is 10.1. The molecule has 3 N–H and O–H groups in total. The van der Waals surface area contributed by atoms with E-state index in [1.165, 1.54) is 6.20 Å². The summed E-state index contributed by atoms with van der Waals surface area (Å²) in [7, 11) is 0. The number of amides is 1. The third-order valence-electron chi connectivity index (χ3n) is 4.02. The molecule has 0 saturated heterocycles. The number of anilines is 3. The monoisotopic (exact) mass is 407 g/mol. The minimum Gasteiger partial charge on any atom is -0.478 e. The Morgan fingerprint density at radius 3 is 2.57 bits per heavy atom. The topological polar surface area (TPSA) is 114 Å². The Bertz CT molecular complexity index is 993. The maximum absolute atomic E-state index is 12.2. The molecule has 0 saturated carbocycles. The first-order valence-corrected chi connectivity index (χ1v) is 9.70. The summed E-state index contributed by atoms with van der Waals surface area (Å²) in [4.78, 5) is 29.3. The maximum Gasteiger partial charge on any atom is 0.252 e. The smallest absolute Gasteiger partial charge is 0.252 e. The molecule has 0 bridgehead atoms. The number of aryl methyl sites for hydroxylation is 2. The first-order valence-electron chi connectivity index (χ1n) is 9.70. The first-order chi connectivity index (χ1) is 14.5. The van der Waals surface area contributed by atoms with Crippen molar-refractivity contribution in [2.45, 2.75) is 20.8 Å². The molecular weight excluding hydrogens is 382 g/mol. The number of nitrogens with zero attached hydrogens (tertiary/aromatic N) is 4. The molecule has 0 aliphatic heterocycles. The normalized spacial score (nSPS) is 10.4. The third-order valence-corrected chi connectivity index (χ3v) is 4.02. The van der Waals surface area contributed by atoms with Crippen LogP contribution in [0.3, 0.4) is 0 Å². The number of pyridine rings is 2. The number of hydrogen-bond donors (Lipinski definition) is 3. The third kappa shape index (κ3) is 6.13. The van der Waals surface area contributed by atoms with Crippen LogP contribution in [0.5, 0.6) is 5.88 Å². The molecule has 3 aromatic rings. The van der Waals surface area contributed by atoms with Crippen molar-refractivity contribution in [3.8, 4) is 5.88 Å². The van der Waals surface area contributed by atoms with E-state index in [4.69, 9.17) is 4.74 Å². The van der Waals surface area contributed by atoms with E-state index in [1.807, 2.05) is 32.9 Å². The van der Waals surface area contributed by atoms with Crippen molar-refractivity contribution in [2.75, 3.05) is 30.3 Å². The molecule has 3 rings (SSSR count). The van der Waals surface area contributed by atoms with Gasteiger partial charge in [0, 0.05) is 37.6 Å². The summed E-state index contributed by atoms with van der Waals surface area (Å²) >= 11 is 0. The lowest BCUT2D eigenvalue weighted by Crippen LogP contribution is -2.29. The first kappa shape index (κ1) is 21.0. The van der Waals surface area contributed by atoms with Crippen molar-refractivity contribution in [3.05, 3.63) is 59.7 Å². The van der Waals surface area contributed by atoms with E-state index in [9.17, 15) is 4.79 Å². The molecule has 3 aromatic heterocycles. The highest BCUT2D eigenvalue weighted by atomic mass is 16.5. The van der Waals surface area contributed by atoms with Gasteiger partial charge in [0.25, 0.3) is 5.91 Å². The average Bonchev–Trinajstić information content (AvgIpc) is 2.71. The van der Waals surface area contributed by atoms with Gasteiger partial charge in [-0.2, -0.15) is 0 Å². The molecule has 9 nitrogen and oxygen atoms in total. The molecule has 0 spiro atoms. The Morgan fingerprint density at radius 2 is 1.83 bits per heavy atom. The van der Waals surface area contributed by atoms with E-state index in [0.717, 1.165) is 11.4 Å². The molecule has 1 amide bonds. The fourth-order valence-electron chi connectivity index (χ4n) is 2.67. The SMILES string of the molecule is CCOc1ccc(C(=O)NCCNc2cc(Nc3cc(C)ccn3)nc(C)n2)cn1. The van der Waals surface area contributed by atoms with Crippen LogP contribution in [-0.4, -0.2) is 45.5 Å². The number of hydrogen-bond acceptors (Lipinski definition) is 8. The summed E-state index contributed by atoms with van der Waals surface area (Å²) in [5.41, 5.74) is 1.59. The summed E-state index contributed by atoms with van der Waals surface area (Å²) in [5, 5.41) is 9.22. The quantitative estimate of drug-likeness (QED) is 0.464. The van der Waals surface area contributed by atoms with Crippen LogP contribution in [0.1, 0.15) is 28.7 Å². The van der Waals surface area contributed by atoms with Crippen LogP contribution in [0.15, 0.2) is 42.7 Å². The molecule has 156 valence electrons. The summed E-state index contributed by atoms with van der Waals surface area (Å²) in [6, 6.07) is 9.04. The predicted molar refractivity (Wildman–Crippen MR) is 115 cm³/mol. The zero-order valence-electron chi connectivity index (χ0n) is 17.3. The Kier molecular flexibility index (Phi) is 7.09. The molecule has 3 heterocycles. The average molecular weight is 407 g/mol. The van der Waals surface area contributed by atoms with Gasteiger partial charge in [0.1, 0.15) is 23.3 Å². The number of rotatable bonds is 9. The molecule has 0 aliphatic rings. The van der Waals surface area contributed by atoms with E-state index < -0.39 is 0 Å². The molecule has 0 radical (unpaired) electrons. The highest BCUT2D eigenvalue weighted by molar-refractivity contribution is 5.93. The second-order valence-corrected chi connectivity index (χ2v) is 6.53. The van der Waals surface area contributed by atoms with Crippen molar-refractivity contribution in [1.29, 1.82) is 0 Å². The summed E-state index contributed by atoms with van der Waals surface area (Å²) < 4.78 is 5.28. The Labute approximate surface area is 175 Å². The summed E-state index contributed by atoms with van der Waals surface area (Å²) in [6.07, 6.45) is 3.24. The molecule has 0 aromatic carbocycles. The van der Waals surface area contributed by atoms with Gasteiger partial charge < -0.3 is 20.7 Å². The Hall–Kier alpha value is -3.75. The van der Waals surface area contributed by atoms with Gasteiger partial charge in [-0.3, -0.25) is 4.79 Å². The summed E-state index contributed by atoms with van der Waals surface area (Å²) in [6.45, 7) is 7.17. The zero-order chi connectivity index (χ0) is 21.3. The highest BCUT2D eigenvalue weighted by Gasteiger charge is 2.07. The summed E-state index contributed by atoms with van der Waals surface area (Å²) in [5.74, 6) is 2.95. The van der Waals surface area contributed by atoms with Crippen molar-refractivity contribution in [3.63, 3.8) is 0 Å². The van der Waals surface area contributed by atoms with Crippen LogP contribution < -0.4 is 20.7 Å². The van der Waals surface area contributed by atoms with E-state index in [0.29, 0.717) is 48.6 Å². The number of carbonyl (C=O) groups is 1. The van der Waals surface area contributed by atoms with Gasteiger partial charge in [-0.05, 0) is 44.5 Å². The molecule has 0 unspecified atom stereocenters. The molecule has 0 atom stereocenters. The van der Waals surface area contributed by atoms with Crippen molar-refractivity contribution < 1.29 is 9.53 Å². The predicted octanol–water partition coefficient (Wildman–Crippen LogP) is 2.87. The lowest BCUT2D eigenvalue weighted by molar-refractivity contribution is 0.0954. The van der Waals surface area contributed by atoms with Crippen LogP contribution in [0.2, 0.25) is 0 Å². The number of aromatic nitrogens is 4. The van der Waals surface area contributed by atoms with Gasteiger partial charge in [0.15, 0.2) is 0 Å². The Morgan fingerprint density at radius 1 is 1.00 bits per heavy atom. The van der Waals surface area contributed by atoms with Crippen LogP contribution in [0, 0.1) is 13.8 Å². The molecule has 0 aliphatic carbocycles. The fourth-order valence-corrected chi connectivity index (χ4v) is 2.67. The standard InChI is InChI=1S/C21H25N7O2/c1-4-30-20-6-5-16(13-25-20)21(29)24-10-9-23-18-12-19(27-15(3)26-18)28-17-11-14(2)7-8-22-17/h5-8,11-13H,4,9-10H2,1-3H3,(H,24,29)(H2,22,23,26,27,28). The second-order valence-electron chi connectivity index (χ2n) is 6.53. The van der Waals surface area contributed by atoms with Crippen molar-refractivity contribution in [1.82, 2.24) is 25.3 Å². The number of ether oxygens (including phenoxy) is 1. The molecule has 30 heavy (non-hydrogen) atoms. The minimum atomic E-state index is -0.195. The van der Waals surface area contributed by atoms with Crippen LogP contribution in [0.25, 0.3) is 0 Å². The van der Waals surface area contributed by atoms with E-state index >= 15 is 0 Å².